The number of carbonyl (C=O) groups is 1. The Balaban J connectivity index is 2.03. The quantitative estimate of drug-likeness (QED) is 0.502. The number of nitrogens with one attached hydrogen (secondary N) is 1. The molecule has 3 nitrogen and oxygen atoms in total. The SMILES string of the molecule is Cc1ccsc1/C=N\NC(=O)c1ccccc1I. The highest BCUT2D eigenvalue weighted by Crippen LogP contribution is 2.13. The molecule has 0 unspecified atom stereocenters. The van der Waals surface area contributed by atoms with Crippen molar-refractivity contribution in [3.63, 3.8) is 0 Å². The van der Waals surface area contributed by atoms with Crippen LogP contribution in [0.2, 0.25) is 0 Å². The Labute approximate surface area is 123 Å². The van der Waals surface area contributed by atoms with Crippen molar-refractivity contribution >= 4 is 46.0 Å². The molecule has 0 fully saturated rings. The van der Waals surface area contributed by atoms with Gasteiger partial charge in [-0.2, -0.15) is 5.10 Å². The van der Waals surface area contributed by atoms with Crippen LogP contribution in [0.1, 0.15) is 20.8 Å². The Bertz CT molecular complexity index is 592. The van der Waals surface area contributed by atoms with Crippen LogP contribution >= 0.6 is 33.9 Å². The number of hydrogen-bond acceptors (Lipinski definition) is 3. The first-order valence-electron chi connectivity index (χ1n) is 5.30. The fourth-order valence-corrected chi connectivity index (χ4v) is 2.79. The third kappa shape index (κ3) is 3.17. The van der Waals surface area contributed by atoms with Gasteiger partial charge in [0.05, 0.1) is 11.8 Å². The number of rotatable bonds is 3. The number of amides is 1. The van der Waals surface area contributed by atoms with Gasteiger partial charge in [0.25, 0.3) is 5.91 Å². The molecule has 1 aromatic heterocycles. The van der Waals surface area contributed by atoms with E-state index in [9.17, 15) is 4.79 Å². The largest absolute Gasteiger partial charge is 0.272 e. The summed E-state index contributed by atoms with van der Waals surface area (Å²) in [6, 6.07) is 9.43. The van der Waals surface area contributed by atoms with Gasteiger partial charge < -0.3 is 0 Å². The first kappa shape index (κ1) is 13.2. The average molecular weight is 370 g/mol. The van der Waals surface area contributed by atoms with Crippen molar-refractivity contribution < 1.29 is 4.79 Å². The predicted octanol–water partition coefficient (Wildman–Crippen LogP) is 3.43. The summed E-state index contributed by atoms with van der Waals surface area (Å²) in [6.45, 7) is 2.01. The van der Waals surface area contributed by atoms with E-state index >= 15 is 0 Å². The standard InChI is InChI=1S/C13H11IN2OS/c1-9-6-7-18-12(9)8-15-16-13(17)10-4-2-3-5-11(10)14/h2-8H,1H3,(H,16,17)/b15-8-. The summed E-state index contributed by atoms with van der Waals surface area (Å²) in [4.78, 5) is 12.9. The number of thiophene rings is 1. The van der Waals surface area contributed by atoms with Crippen LogP contribution in [0.5, 0.6) is 0 Å². The molecule has 18 heavy (non-hydrogen) atoms. The Morgan fingerprint density at radius 1 is 1.39 bits per heavy atom. The lowest BCUT2D eigenvalue weighted by Crippen LogP contribution is -2.18. The Kier molecular flexibility index (Phi) is 4.48. The number of carbonyl (C=O) groups excluding carboxylic acids is 1. The fourth-order valence-electron chi connectivity index (χ4n) is 1.37. The molecule has 5 heteroatoms. The van der Waals surface area contributed by atoms with Crippen LogP contribution in [-0.2, 0) is 0 Å². The van der Waals surface area contributed by atoms with E-state index in [4.69, 9.17) is 0 Å². The molecular weight excluding hydrogens is 359 g/mol. The van der Waals surface area contributed by atoms with Crippen LogP contribution < -0.4 is 5.43 Å². The lowest BCUT2D eigenvalue weighted by molar-refractivity contribution is 0.0954. The average Bonchev–Trinajstić information content (AvgIpc) is 2.75. The summed E-state index contributed by atoms with van der Waals surface area (Å²) >= 11 is 3.73. The lowest BCUT2D eigenvalue weighted by atomic mass is 10.2. The van der Waals surface area contributed by atoms with Crippen molar-refractivity contribution in [2.45, 2.75) is 6.92 Å². The van der Waals surface area contributed by atoms with Crippen LogP contribution in [0, 0.1) is 10.5 Å². The molecule has 0 radical (unpaired) electrons. The second kappa shape index (κ2) is 6.10. The molecule has 0 aliphatic heterocycles. The maximum Gasteiger partial charge on any atom is 0.272 e. The smallest absolute Gasteiger partial charge is 0.267 e. The summed E-state index contributed by atoms with van der Waals surface area (Å²) < 4.78 is 0.912. The van der Waals surface area contributed by atoms with Crippen LogP contribution in [0.3, 0.4) is 0 Å². The van der Waals surface area contributed by atoms with E-state index < -0.39 is 0 Å². The van der Waals surface area contributed by atoms with Crippen molar-refractivity contribution in [1.82, 2.24) is 5.43 Å². The first-order chi connectivity index (χ1) is 8.68. The summed E-state index contributed by atoms with van der Waals surface area (Å²) in [5, 5.41) is 5.97. The van der Waals surface area contributed by atoms with E-state index in [1.165, 1.54) is 0 Å². The van der Waals surface area contributed by atoms with E-state index in [0.717, 1.165) is 14.0 Å². The summed E-state index contributed by atoms with van der Waals surface area (Å²) in [7, 11) is 0. The molecule has 0 saturated carbocycles. The summed E-state index contributed by atoms with van der Waals surface area (Å²) in [6.07, 6.45) is 1.67. The van der Waals surface area contributed by atoms with Crippen LogP contribution in [0.4, 0.5) is 0 Å². The number of nitrogens with zero attached hydrogens (tertiary/aromatic N) is 1. The molecule has 0 bridgehead atoms. The van der Waals surface area contributed by atoms with E-state index in [1.807, 2.05) is 36.6 Å². The normalized spacial score (nSPS) is 10.8. The van der Waals surface area contributed by atoms with Gasteiger partial charge in [0, 0.05) is 8.45 Å². The molecule has 2 rings (SSSR count). The molecule has 0 saturated heterocycles. The predicted molar refractivity (Wildman–Crippen MR) is 83.3 cm³/mol. The summed E-state index contributed by atoms with van der Waals surface area (Å²) in [5.41, 5.74) is 4.33. The van der Waals surface area contributed by atoms with Gasteiger partial charge in [-0.1, -0.05) is 12.1 Å². The molecule has 0 aliphatic rings. The molecular formula is C13H11IN2OS. The Hall–Kier alpha value is -1.21. The highest BCUT2D eigenvalue weighted by Gasteiger charge is 2.07. The topological polar surface area (TPSA) is 41.5 Å². The van der Waals surface area contributed by atoms with Crippen molar-refractivity contribution in [3.05, 3.63) is 55.3 Å². The van der Waals surface area contributed by atoms with Crippen LogP contribution in [0.15, 0.2) is 40.8 Å². The molecule has 0 atom stereocenters. The van der Waals surface area contributed by atoms with Crippen molar-refractivity contribution in [3.8, 4) is 0 Å². The van der Waals surface area contributed by atoms with Gasteiger partial charge in [-0.25, -0.2) is 5.43 Å². The van der Waals surface area contributed by atoms with Gasteiger partial charge in [-0.15, -0.1) is 11.3 Å². The third-order valence-electron chi connectivity index (χ3n) is 2.37. The molecule has 1 heterocycles. The van der Waals surface area contributed by atoms with Gasteiger partial charge in [0.1, 0.15) is 0 Å². The first-order valence-corrected chi connectivity index (χ1v) is 7.26. The molecule has 2 aromatic rings. The molecule has 0 spiro atoms. The van der Waals surface area contributed by atoms with Gasteiger partial charge in [-0.3, -0.25) is 4.79 Å². The van der Waals surface area contributed by atoms with Crippen molar-refractivity contribution in [2.75, 3.05) is 0 Å². The maximum atomic E-state index is 11.9. The van der Waals surface area contributed by atoms with Crippen molar-refractivity contribution in [1.29, 1.82) is 0 Å². The Morgan fingerprint density at radius 3 is 2.83 bits per heavy atom. The van der Waals surface area contributed by atoms with E-state index in [2.05, 4.69) is 33.1 Å². The number of aryl methyl sites for hydroxylation is 1. The lowest BCUT2D eigenvalue weighted by Gasteiger charge is -2.01. The number of hydrazone groups is 1. The van der Waals surface area contributed by atoms with E-state index in [0.29, 0.717) is 5.56 Å². The van der Waals surface area contributed by atoms with E-state index in [1.54, 1.807) is 23.6 Å². The second-order valence-electron chi connectivity index (χ2n) is 3.65. The zero-order chi connectivity index (χ0) is 13.0. The maximum absolute atomic E-state index is 11.9. The molecule has 1 amide bonds. The second-order valence-corrected chi connectivity index (χ2v) is 5.76. The minimum atomic E-state index is -0.189. The molecule has 1 N–H and O–H groups in total. The molecule has 1 aromatic carbocycles. The minimum Gasteiger partial charge on any atom is -0.267 e. The number of benzene rings is 1. The van der Waals surface area contributed by atoms with Gasteiger partial charge in [-0.05, 0) is 58.7 Å². The van der Waals surface area contributed by atoms with Gasteiger partial charge in [0.2, 0.25) is 0 Å². The third-order valence-corrected chi connectivity index (χ3v) is 4.26. The number of halogens is 1. The van der Waals surface area contributed by atoms with Gasteiger partial charge in [0.15, 0.2) is 0 Å². The van der Waals surface area contributed by atoms with Crippen molar-refractivity contribution in [2.24, 2.45) is 5.10 Å². The fraction of sp³-hybridized carbons (Fsp3) is 0.0769. The zero-order valence-corrected chi connectivity index (χ0v) is 12.7. The van der Waals surface area contributed by atoms with Crippen LogP contribution in [-0.4, -0.2) is 12.1 Å². The minimum absolute atomic E-state index is 0.189. The highest BCUT2D eigenvalue weighted by atomic mass is 127. The Morgan fingerprint density at radius 2 is 2.17 bits per heavy atom. The number of hydrogen-bond donors (Lipinski definition) is 1. The van der Waals surface area contributed by atoms with E-state index in [-0.39, 0.29) is 5.91 Å². The van der Waals surface area contributed by atoms with Crippen LogP contribution in [0.25, 0.3) is 0 Å². The highest BCUT2D eigenvalue weighted by molar-refractivity contribution is 14.1. The van der Waals surface area contributed by atoms with Gasteiger partial charge >= 0.3 is 0 Å². The molecule has 92 valence electrons. The monoisotopic (exact) mass is 370 g/mol. The molecule has 0 aliphatic carbocycles. The zero-order valence-electron chi connectivity index (χ0n) is 9.68. The summed E-state index contributed by atoms with van der Waals surface area (Å²) in [5.74, 6) is -0.189.